The van der Waals surface area contributed by atoms with E-state index in [1.165, 1.54) is 6.08 Å². The van der Waals surface area contributed by atoms with Crippen molar-refractivity contribution in [1.82, 2.24) is 5.32 Å². The van der Waals surface area contributed by atoms with E-state index in [9.17, 15) is 15.0 Å². The first-order valence-corrected chi connectivity index (χ1v) is 13.4. The molecule has 0 fully saturated rings. The van der Waals surface area contributed by atoms with E-state index in [0.29, 0.717) is 0 Å². The van der Waals surface area contributed by atoms with Crippen molar-refractivity contribution in [3.05, 3.63) is 44.3 Å². The maximum absolute atomic E-state index is 12.2. The third-order valence-electron chi connectivity index (χ3n) is 4.80. The van der Waals surface area contributed by atoms with Crippen molar-refractivity contribution in [2.24, 2.45) is 0 Å². The van der Waals surface area contributed by atoms with Crippen molar-refractivity contribution in [3.8, 4) is 0 Å². The Hall–Kier alpha value is -1.41. The van der Waals surface area contributed by atoms with Crippen molar-refractivity contribution >= 4 is 14.4 Å². The summed E-state index contributed by atoms with van der Waals surface area (Å²) in [5.74, 6) is 0. The van der Waals surface area contributed by atoms with Gasteiger partial charge in [-0.3, -0.25) is 0 Å². The Morgan fingerprint density at radius 3 is 1.74 bits per heavy atom. The maximum Gasteiger partial charge on any atom is 0 e. The number of ether oxygens (including phenoxy) is 1. The summed E-state index contributed by atoms with van der Waals surface area (Å²) in [5, 5.41) is 24.0. The molecule has 9 nitrogen and oxygen atoms in total. The predicted molar refractivity (Wildman–Crippen MR) is 129 cm³/mol. The van der Waals surface area contributed by atoms with Gasteiger partial charge >= 0.3 is 40.0 Å². The molecule has 11 heteroatoms. The monoisotopic (exact) mass is 555 g/mol. The summed E-state index contributed by atoms with van der Waals surface area (Å²) >= 11 is 0. The second-order valence-electron chi connectivity index (χ2n) is 9.65. The molecular formula is C24H41FeNO8Si. The zero-order valence-electron chi connectivity index (χ0n) is 22.3. The van der Waals surface area contributed by atoms with Gasteiger partial charge in [-0.15, -0.1) is 0 Å². The first-order valence-electron chi connectivity index (χ1n) is 10.5. The van der Waals surface area contributed by atoms with Crippen LogP contribution in [0.4, 0.5) is 4.79 Å². The molecule has 0 aliphatic heterocycles. The summed E-state index contributed by atoms with van der Waals surface area (Å²) in [7, 11) is -2.14. The van der Waals surface area contributed by atoms with Crippen LogP contribution in [0.1, 0.15) is 55.4 Å². The van der Waals surface area contributed by atoms with Gasteiger partial charge < -0.3 is 24.7 Å². The van der Waals surface area contributed by atoms with Crippen molar-refractivity contribution in [2.45, 2.75) is 103 Å². The van der Waals surface area contributed by atoms with Crippen LogP contribution in [0.2, 0.25) is 18.1 Å². The van der Waals surface area contributed by atoms with Crippen LogP contribution in [0, 0.1) is 20.0 Å². The van der Waals surface area contributed by atoms with Crippen molar-refractivity contribution in [2.75, 3.05) is 0 Å². The molecule has 0 aromatic heterocycles. The molecule has 0 spiro atoms. The van der Waals surface area contributed by atoms with E-state index in [1.807, 2.05) is 13.0 Å². The average molecular weight is 556 g/mol. The molecule has 0 bridgehead atoms. The van der Waals surface area contributed by atoms with Gasteiger partial charge in [0, 0.05) is 17.1 Å². The van der Waals surface area contributed by atoms with Gasteiger partial charge in [0.15, 0.2) is 8.32 Å². The van der Waals surface area contributed by atoms with Gasteiger partial charge in [0.1, 0.15) is 11.7 Å². The summed E-state index contributed by atoms with van der Waals surface area (Å²) in [6.07, 6.45) is 3.26. The number of carbonyl (C=O) groups is 1. The average Bonchev–Trinajstić information content (AvgIpc) is 2.73. The number of nitrogens with one attached hydrogen (secondary N) is 1. The van der Waals surface area contributed by atoms with Gasteiger partial charge in [0.2, 0.25) is 0 Å². The molecule has 0 radical (unpaired) electrons. The van der Waals surface area contributed by atoms with Gasteiger partial charge in [-0.2, -0.15) is 0 Å². The van der Waals surface area contributed by atoms with Crippen LogP contribution in [0.25, 0.3) is 0 Å². The minimum Gasteiger partial charge on any atom is 0 e. The third-order valence-corrected chi connectivity index (χ3v) is 9.37. The van der Waals surface area contributed by atoms with E-state index >= 15 is 0 Å². The minimum absolute atomic E-state index is 0. The summed E-state index contributed by atoms with van der Waals surface area (Å²) in [5.41, 5.74) is -0.686. The quantitative estimate of drug-likeness (QED) is 0.179. The van der Waals surface area contributed by atoms with Crippen LogP contribution in [0.15, 0.2) is 24.3 Å². The van der Waals surface area contributed by atoms with Crippen LogP contribution in [-0.2, 0) is 40.2 Å². The molecule has 0 saturated carbocycles. The maximum atomic E-state index is 12.2. The molecule has 3 N–H and O–H groups in total. The standard InChI is InChI=1S/C21H41NO5Si.3CO.Fe/c1-11-12-13-14-16(23)17(22-19(25)26-20(3,4)5)18(24)15(2)27-28(9,10)21(6,7)8;3*1-2;/h11-18,23-24H,1-10H3,(H,22,25);;;;/b12-11+,14-13+;;;;/t15-,16+,17-,18-;;;;/m1..../s1. The molecule has 0 unspecified atom stereocenters. The fourth-order valence-electron chi connectivity index (χ4n) is 2.23. The molecular weight excluding hydrogens is 514 g/mol. The summed E-state index contributed by atoms with van der Waals surface area (Å²) in [4.78, 5) is 12.2. The van der Waals surface area contributed by atoms with Crippen LogP contribution in [0.3, 0.4) is 0 Å². The first-order chi connectivity index (χ1) is 15.5. The fraction of sp³-hybridized carbons (Fsp3) is 0.667. The van der Waals surface area contributed by atoms with Gasteiger partial charge in [-0.1, -0.05) is 45.1 Å². The number of hydrogen-bond donors (Lipinski definition) is 3. The number of allylic oxidation sites excluding steroid dienone is 3. The van der Waals surface area contributed by atoms with E-state index in [4.69, 9.17) is 23.1 Å². The Balaban J connectivity index is -0.000000395. The number of aliphatic hydroxyl groups excluding tert-OH is 2. The van der Waals surface area contributed by atoms with E-state index in [2.05, 4.69) is 59.1 Å². The molecule has 202 valence electrons. The SMILES string of the molecule is C/C=C/C=C/[C@H](O)[C@@H](NC(=O)OC(C)(C)C)[C@H](O)[C@@H](C)O[Si](C)(C)C(C)(C)C.[C-]#[O+].[C-]#[O+].[C-]#[O+].[Fe]. The van der Waals surface area contributed by atoms with E-state index in [1.54, 1.807) is 39.8 Å². The second-order valence-corrected chi connectivity index (χ2v) is 14.4. The van der Waals surface area contributed by atoms with E-state index < -0.39 is 44.4 Å². The van der Waals surface area contributed by atoms with Crippen molar-refractivity contribution < 1.29 is 55.2 Å². The predicted octanol–water partition coefficient (Wildman–Crippen LogP) is 4.03. The fourth-order valence-corrected chi connectivity index (χ4v) is 3.65. The number of amides is 1. The molecule has 4 atom stereocenters. The first kappa shape index (κ1) is 43.6. The van der Waals surface area contributed by atoms with Crippen molar-refractivity contribution in [1.29, 1.82) is 0 Å². The molecule has 0 saturated heterocycles. The number of hydrogen-bond acceptors (Lipinski definition) is 5. The second kappa shape index (κ2) is 21.8. The molecule has 0 heterocycles. The van der Waals surface area contributed by atoms with Crippen LogP contribution >= 0.6 is 0 Å². The summed E-state index contributed by atoms with van der Waals surface area (Å²) < 4.78 is 34.0. The van der Waals surface area contributed by atoms with Gasteiger partial charge in [0.05, 0.1) is 18.2 Å². The molecule has 0 aromatic carbocycles. The molecule has 0 aromatic rings. The van der Waals surface area contributed by atoms with E-state index in [0.717, 1.165) is 0 Å². The number of aliphatic hydroxyl groups is 2. The number of rotatable bonds is 8. The zero-order valence-corrected chi connectivity index (χ0v) is 24.4. The molecule has 0 rings (SSSR count). The Labute approximate surface area is 222 Å². The van der Waals surface area contributed by atoms with Crippen LogP contribution in [-0.4, -0.2) is 54.6 Å². The Morgan fingerprint density at radius 2 is 1.40 bits per heavy atom. The number of carbonyl (C=O) groups excluding carboxylic acids is 1. The largest absolute Gasteiger partial charge is 0 e. The molecule has 1 amide bonds. The molecule has 0 aliphatic carbocycles. The molecule has 35 heavy (non-hydrogen) atoms. The smallest absolute Gasteiger partial charge is 0 e. The zero-order chi connectivity index (χ0) is 28.3. The van der Waals surface area contributed by atoms with Gasteiger partial charge in [0.25, 0.3) is 0 Å². The van der Waals surface area contributed by atoms with Gasteiger partial charge in [-0.25, -0.2) is 4.79 Å². The van der Waals surface area contributed by atoms with Crippen LogP contribution in [0.5, 0.6) is 0 Å². The third kappa shape index (κ3) is 20.5. The molecule has 0 aliphatic rings. The summed E-state index contributed by atoms with van der Waals surface area (Å²) in [6.45, 7) is 32.9. The van der Waals surface area contributed by atoms with E-state index in [-0.39, 0.29) is 22.1 Å². The van der Waals surface area contributed by atoms with Crippen molar-refractivity contribution in [3.63, 3.8) is 0 Å². The van der Waals surface area contributed by atoms with Crippen LogP contribution < -0.4 is 5.32 Å². The van der Waals surface area contributed by atoms with Gasteiger partial charge in [-0.05, 0) is 52.8 Å². The topological polar surface area (TPSA) is 148 Å². The Bertz CT molecular complexity index is 661. The Kier molecular flexibility index (Phi) is 27.2. The summed E-state index contributed by atoms with van der Waals surface area (Å²) in [6, 6.07) is -0.976. The normalized spacial score (nSPS) is 14.7. The Morgan fingerprint density at radius 1 is 0.971 bits per heavy atom. The number of alkyl carbamates (subject to hydrolysis) is 1. The minimum atomic E-state index is -2.14.